The third-order valence-electron chi connectivity index (χ3n) is 7.60. The van der Waals surface area contributed by atoms with E-state index in [-0.39, 0.29) is 5.92 Å². The normalized spacial score (nSPS) is 17.9. The Morgan fingerprint density at radius 3 is 2.64 bits per heavy atom. The van der Waals surface area contributed by atoms with E-state index < -0.39 is 0 Å². The van der Waals surface area contributed by atoms with E-state index in [0.717, 1.165) is 87.8 Å². The highest BCUT2D eigenvalue weighted by Crippen LogP contribution is 2.35. The van der Waals surface area contributed by atoms with Crippen molar-refractivity contribution in [1.29, 1.82) is 0 Å². The smallest absolute Gasteiger partial charge is 0.225 e. The third kappa shape index (κ3) is 3.82. The monoisotopic (exact) mass is 539 g/mol. The van der Waals surface area contributed by atoms with Crippen LogP contribution < -0.4 is 0 Å². The summed E-state index contributed by atoms with van der Waals surface area (Å²) < 4.78 is 3.40. The van der Waals surface area contributed by atoms with E-state index in [4.69, 9.17) is 4.98 Å². The number of para-hydroxylation sites is 1. The molecule has 7 rings (SSSR count). The van der Waals surface area contributed by atoms with E-state index in [1.165, 1.54) is 0 Å². The van der Waals surface area contributed by atoms with E-state index in [1.807, 2.05) is 12.3 Å². The maximum Gasteiger partial charge on any atom is 0.225 e. The molecule has 2 fully saturated rings. The van der Waals surface area contributed by atoms with Crippen LogP contribution in [0.3, 0.4) is 0 Å². The van der Waals surface area contributed by atoms with Gasteiger partial charge in [0, 0.05) is 41.0 Å². The van der Waals surface area contributed by atoms with Crippen molar-refractivity contribution in [2.45, 2.75) is 25.8 Å². The number of H-pyrrole nitrogens is 1. The van der Waals surface area contributed by atoms with Gasteiger partial charge in [-0.15, -0.1) is 0 Å². The van der Waals surface area contributed by atoms with Crippen molar-refractivity contribution in [3.63, 3.8) is 0 Å². The van der Waals surface area contributed by atoms with Gasteiger partial charge in [0.15, 0.2) is 0 Å². The molecule has 1 aliphatic heterocycles. The fourth-order valence-corrected chi connectivity index (χ4v) is 6.07. The number of carbonyl (C=O) groups excluding carboxylic acids is 1. The van der Waals surface area contributed by atoms with Crippen molar-refractivity contribution in [3.05, 3.63) is 71.3 Å². The summed E-state index contributed by atoms with van der Waals surface area (Å²) in [6.07, 6.45) is 5.03. The number of benzene rings is 3. The van der Waals surface area contributed by atoms with Crippen LogP contribution in [-0.4, -0.2) is 43.6 Å². The number of nitrogens with zero attached hydrogens (tertiary/aromatic N) is 4. The molecule has 1 aliphatic carbocycles. The molecule has 1 saturated heterocycles. The van der Waals surface area contributed by atoms with Crippen LogP contribution in [-0.2, 0) is 11.3 Å². The second-order valence-electron chi connectivity index (χ2n) is 10.1. The highest BCUT2D eigenvalue weighted by Gasteiger charge is 2.36. The minimum atomic E-state index is 0.287. The van der Waals surface area contributed by atoms with Gasteiger partial charge in [-0.3, -0.25) is 9.89 Å². The Morgan fingerprint density at radius 2 is 1.81 bits per heavy atom. The summed E-state index contributed by atoms with van der Waals surface area (Å²) in [6, 6.07) is 21.2. The molecule has 1 N–H and O–H groups in total. The van der Waals surface area contributed by atoms with Crippen molar-refractivity contribution < 1.29 is 4.79 Å². The van der Waals surface area contributed by atoms with Gasteiger partial charge < -0.3 is 9.47 Å². The predicted octanol–water partition coefficient (Wildman–Crippen LogP) is 6.27. The number of nitrogens with one attached hydrogen (secondary N) is 1. The molecule has 1 saturated carbocycles. The van der Waals surface area contributed by atoms with Gasteiger partial charge in [0.1, 0.15) is 5.82 Å². The van der Waals surface area contributed by atoms with Crippen LogP contribution >= 0.6 is 15.9 Å². The number of rotatable bonds is 5. The molecule has 5 aromatic rings. The fraction of sp³-hybridized carbons (Fsp3) is 0.276. The zero-order valence-corrected chi connectivity index (χ0v) is 21.4. The number of aromatic amines is 1. The highest BCUT2D eigenvalue weighted by atomic mass is 79.9. The lowest BCUT2D eigenvalue weighted by molar-refractivity contribution is -0.131. The number of hydrogen-bond donors (Lipinski definition) is 1. The Kier molecular flexibility index (Phi) is 5.20. The molecule has 0 bridgehead atoms. The molecule has 2 aliphatic rings. The highest BCUT2D eigenvalue weighted by molar-refractivity contribution is 9.10. The number of imidazole rings is 1. The molecule has 36 heavy (non-hydrogen) atoms. The van der Waals surface area contributed by atoms with Crippen LogP contribution in [0.2, 0.25) is 0 Å². The summed E-state index contributed by atoms with van der Waals surface area (Å²) >= 11 is 3.77. The SMILES string of the molecule is O=C(C1CC1)N1CCC(Cn2c(-c3ccc(-c4ccc5[nH]ncc5c4)cc3)nc3cccc(Br)c32)C1. The van der Waals surface area contributed by atoms with Gasteiger partial charge in [0.2, 0.25) is 5.91 Å². The predicted molar refractivity (Wildman–Crippen MR) is 145 cm³/mol. The van der Waals surface area contributed by atoms with Crippen LogP contribution in [0, 0.1) is 11.8 Å². The van der Waals surface area contributed by atoms with Crippen molar-refractivity contribution >= 4 is 43.8 Å². The van der Waals surface area contributed by atoms with Crippen molar-refractivity contribution in [2.75, 3.05) is 13.1 Å². The Balaban J connectivity index is 1.22. The lowest BCUT2D eigenvalue weighted by Gasteiger charge is -2.18. The van der Waals surface area contributed by atoms with E-state index in [9.17, 15) is 4.79 Å². The Hall–Kier alpha value is -3.45. The van der Waals surface area contributed by atoms with Gasteiger partial charge in [-0.1, -0.05) is 36.4 Å². The first-order chi connectivity index (χ1) is 17.6. The molecule has 180 valence electrons. The first-order valence-electron chi connectivity index (χ1n) is 12.6. The van der Waals surface area contributed by atoms with Gasteiger partial charge in [-0.25, -0.2) is 4.98 Å². The minimum absolute atomic E-state index is 0.287. The molecule has 1 unspecified atom stereocenters. The number of halogens is 1. The van der Waals surface area contributed by atoms with Crippen LogP contribution in [0.25, 0.3) is 44.5 Å². The van der Waals surface area contributed by atoms with E-state index in [2.05, 4.69) is 90.2 Å². The van der Waals surface area contributed by atoms with Gasteiger partial charge >= 0.3 is 0 Å². The molecular formula is C29H26BrN5O. The first-order valence-corrected chi connectivity index (χ1v) is 13.4. The molecular weight excluding hydrogens is 514 g/mol. The molecule has 6 nitrogen and oxygen atoms in total. The van der Waals surface area contributed by atoms with E-state index in [1.54, 1.807) is 0 Å². The standard InChI is InChI=1S/C29H26BrN5O/c30-24-2-1-3-26-27(24)35(17-18-12-13-34(16-18)29(36)21-8-9-21)28(32-26)20-6-4-19(5-7-20)22-10-11-25-23(14-22)15-31-33-25/h1-7,10-11,14-15,18,21H,8-9,12-13,16-17H2,(H,31,33). The Labute approximate surface area is 217 Å². The molecule has 3 aromatic carbocycles. The summed E-state index contributed by atoms with van der Waals surface area (Å²) in [5.41, 5.74) is 6.56. The third-order valence-corrected chi connectivity index (χ3v) is 8.24. The fourth-order valence-electron chi connectivity index (χ4n) is 5.50. The van der Waals surface area contributed by atoms with Gasteiger partial charge in [-0.05, 0) is 76.5 Å². The van der Waals surface area contributed by atoms with Gasteiger partial charge in [-0.2, -0.15) is 5.10 Å². The summed E-state index contributed by atoms with van der Waals surface area (Å²) in [7, 11) is 0. The lowest BCUT2D eigenvalue weighted by atomic mass is 10.0. The van der Waals surface area contributed by atoms with Gasteiger partial charge in [0.25, 0.3) is 0 Å². The topological polar surface area (TPSA) is 66.8 Å². The van der Waals surface area contributed by atoms with Crippen LogP contribution in [0.5, 0.6) is 0 Å². The quantitative estimate of drug-likeness (QED) is 0.286. The van der Waals surface area contributed by atoms with Crippen molar-refractivity contribution in [1.82, 2.24) is 24.6 Å². The molecule has 0 spiro atoms. The maximum absolute atomic E-state index is 12.6. The summed E-state index contributed by atoms with van der Waals surface area (Å²) in [5.74, 6) is 2.05. The van der Waals surface area contributed by atoms with Gasteiger partial charge in [0.05, 0.1) is 22.7 Å². The molecule has 1 atom stereocenters. The molecule has 3 heterocycles. The first kappa shape index (κ1) is 21.8. The second-order valence-corrected chi connectivity index (χ2v) is 11.0. The number of carbonyl (C=O) groups is 1. The molecule has 2 aromatic heterocycles. The zero-order valence-electron chi connectivity index (χ0n) is 19.8. The van der Waals surface area contributed by atoms with Crippen molar-refractivity contribution in [2.24, 2.45) is 11.8 Å². The molecule has 0 radical (unpaired) electrons. The summed E-state index contributed by atoms with van der Waals surface area (Å²) in [5, 5.41) is 8.25. The zero-order chi connectivity index (χ0) is 24.2. The number of amides is 1. The second kappa shape index (κ2) is 8.59. The largest absolute Gasteiger partial charge is 0.342 e. The number of hydrogen-bond acceptors (Lipinski definition) is 3. The van der Waals surface area contributed by atoms with Crippen LogP contribution in [0.15, 0.2) is 71.3 Å². The average molecular weight is 540 g/mol. The molecule has 7 heteroatoms. The Bertz CT molecular complexity index is 1600. The van der Waals surface area contributed by atoms with Crippen molar-refractivity contribution in [3.8, 4) is 22.5 Å². The number of fused-ring (bicyclic) bond motifs is 2. The van der Waals surface area contributed by atoms with E-state index in [0.29, 0.717) is 11.8 Å². The Morgan fingerprint density at radius 1 is 1.00 bits per heavy atom. The summed E-state index contributed by atoms with van der Waals surface area (Å²) in [4.78, 5) is 19.8. The number of aromatic nitrogens is 4. The lowest BCUT2D eigenvalue weighted by Crippen LogP contribution is -2.30. The number of likely N-dealkylation sites (tertiary alicyclic amines) is 1. The summed E-state index contributed by atoms with van der Waals surface area (Å²) in [6.45, 7) is 2.56. The minimum Gasteiger partial charge on any atom is -0.342 e. The van der Waals surface area contributed by atoms with Crippen LogP contribution in [0.4, 0.5) is 0 Å². The maximum atomic E-state index is 12.6. The van der Waals surface area contributed by atoms with Crippen LogP contribution in [0.1, 0.15) is 19.3 Å². The van der Waals surface area contributed by atoms with E-state index >= 15 is 0 Å². The molecule has 1 amide bonds. The average Bonchev–Trinajstić information content (AvgIpc) is 3.29.